The number of esters is 1. The number of aryl methyl sites for hydroxylation is 1. The second-order valence-electron chi connectivity index (χ2n) is 4.91. The molecule has 0 saturated heterocycles. The van der Waals surface area contributed by atoms with Gasteiger partial charge in [-0.2, -0.15) is 5.26 Å². The predicted octanol–water partition coefficient (Wildman–Crippen LogP) is 1.76. The van der Waals surface area contributed by atoms with Crippen LogP contribution in [-0.4, -0.2) is 22.6 Å². The molecular weight excluding hydrogens is 273 g/mol. The summed E-state index contributed by atoms with van der Waals surface area (Å²) in [6, 6.07) is 5.98. The Morgan fingerprint density at radius 1 is 1.57 bits per heavy atom. The zero-order valence-corrected chi connectivity index (χ0v) is 11.3. The van der Waals surface area contributed by atoms with Gasteiger partial charge in [-0.05, 0) is 25.0 Å². The molecule has 0 amide bonds. The number of ether oxygens (including phenoxy) is 1. The number of aromatic nitrogens is 2. The molecule has 106 valence electrons. The van der Waals surface area contributed by atoms with Crippen LogP contribution < -0.4 is 0 Å². The number of nitriles is 1. The van der Waals surface area contributed by atoms with Gasteiger partial charge in [0.25, 0.3) is 0 Å². The van der Waals surface area contributed by atoms with E-state index in [1.807, 2.05) is 6.07 Å². The summed E-state index contributed by atoms with van der Waals surface area (Å²) < 4.78 is 21.0. The number of nitrogens with zero attached hydrogens (tertiary/aromatic N) is 3. The number of carbonyl (C=O) groups is 1. The topological polar surface area (TPSA) is 67.9 Å². The molecule has 21 heavy (non-hydrogen) atoms. The summed E-state index contributed by atoms with van der Waals surface area (Å²) >= 11 is 0. The molecule has 3 rings (SSSR count). The number of benzene rings is 1. The van der Waals surface area contributed by atoms with E-state index in [4.69, 9.17) is 10.00 Å². The van der Waals surface area contributed by atoms with Gasteiger partial charge in [0.2, 0.25) is 0 Å². The average Bonchev–Trinajstić information content (AvgIpc) is 3.09. The van der Waals surface area contributed by atoms with Crippen molar-refractivity contribution in [3.05, 3.63) is 53.4 Å². The summed E-state index contributed by atoms with van der Waals surface area (Å²) in [6.07, 6.45) is 4.18. The highest BCUT2D eigenvalue weighted by Crippen LogP contribution is 2.40. The molecule has 0 aliphatic carbocycles. The Kier molecular flexibility index (Phi) is 2.98. The minimum Gasteiger partial charge on any atom is -0.467 e. The highest BCUT2D eigenvalue weighted by atomic mass is 19.1. The maximum Gasteiger partial charge on any atom is 0.336 e. The van der Waals surface area contributed by atoms with Crippen LogP contribution in [0.1, 0.15) is 23.2 Å². The smallest absolute Gasteiger partial charge is 0.336 e. The fourth-order valence-corrected chi connectivity index (χ4v) is 2.94. The van der Waals surface area contributed by atoms with Gasteiger partial charge in [0, 0.05) is 17.5 Å². The SMILES string of the molecule is COC(=O)[C@@]1(c2ccc(C#N)cc2F)CCc2cncn21. The molecule has 1 atom stereocenters. The Labute approximate surface area is 120 Å². The van der Waals surface area contributed by atoms with E-state index in [0.29, 0.717) is 12.8 Å². The third-order valence-corrected chi connectivity index (χ3v) is 3.94. The first-order chi connectivity index (χ1) is 10.1. The fraction of sp³-hybridized carbons (Fsp3) is 0.267. The Balaban J connectivity index is 2.24. The van der Waals surface area contributed by atoms with Crippen molar-refractivity contribution in [1.29, 1.82) is 5.26 Å². The molecule has 1 aromatic heterocycles. The van der Waals surface area contributed by atoms with E-state index in [2.05, 4.69) is 4.98 Å². The van der Waals surface area contributed by atoms with Crippen LogP contribution in [0.15, 0.2) is 30.7 Å². The lowest BCUT2D eigenvalue weighted by Crippen LogP contribution is -2.42. The van der Waals surface area contributed by atoms with Crippen molar-refractivity contribution in [2.75, 3.05) is 7.11 Å². The maximum atomic E-state index is 14.4. The van der Waals surface area contributed by atoms with Gasteiger partial charge in [-0.25, -0.2) is 14.2 Å². The van der Waals surface area contributed by atoms with Crippen LogP contribution in [0.25, 0.3) is 0 Å². The minimum absolute atomic E-state index is 0.199. The summed E-state index contributed by atoms with van der Waals surface area (Å²) in [5.41, 5.74) is 0.00735. The Hall–Kier alpha value is -2.68. The van der Waals surface area contributed by atoms with E-state index < -0.39 is 17.3 Å². The van der Waals surface area contributed by atoms with Gasteiger partial charge in [-0.1, -0.05) is 6.07 Å². The van der Waals surface area contributed by atoms with Crippen molar-refractivity contribution in [2.24, 2.45) is 0 Å². The lowest BCUT2D eigenvalue weighted by molar-refractivity contribution is -0.148. The Morgan fingerprint density at radius 2 is 2.38 bits per heavy atom. The summed E-state index contributed by atoms with van der Waals surface area (Å²) in [7, 11) is 1.28. The van der Waals surface area contributed by atoms with Gasteiger partial charge in [-0.15, -0.1) is 0 Å². The molecule has 0 N–H and O–H groups in total. The Morgan fingerprint density at radius 3 is 3.05 bits per heavy atom. The van der Waals surface area contributed by atoms with Crippen LogP contribution in [0.4, 0.5) is 4.39 Å². The molecule has 0 unspecified atom stereocenters. The molecule has 6 heteroatoms. The normalized spacial score (nSPS) is 19.9. The van der Waals surface area contributed by atoms with Crippen molar-refractivity contribution in [3.8, 4) is 6.07 Å². The van der Waals surface area contributed by atoms with E-state index >= 15 is 0 Å². The van der Waals surface area contributed by atoms with Crippen molar-refractivity contribution in [3.63, 3.8) is 0 Å². The number of carbonyl (C=O) groups excluding carboxylic acids is 1. The van der Waals surface area contributed by atoms with Crippen LogP contribution in [0.3, 0.4) is 0 Å². The van der Waals surface area contributed by atoms with Crippen LogP contribution in [0, 0.1) is 17.1 Å². The molecule has 2 heterocycles. The summed E-state index contributed by atoms with van der Waals surface area (Å²) in [5, 5.41) is 8.84. The molecule has 0 radical (unpaired) electrons. The van der Waals surface area contributed by atoms with E-state index in [9.17, 15) is 9.18 Å². The molecule has 0 spiro atoms. The van der Waals surface area contributed by atoms with Crippen molar-refractivity contribution >= 4 is 5.97 Å². The standard InChI is InChI=1S/C15H12FN3O2/c1-21-14(20)15(5-4-11-8-18-9-19(11)15)12-3-2-10(7-17)6-13(12)16/h2-3,6,8-9H,4-5H2,1H3/t15-/m0/s1. The third-order valence-electron chi connectivity index (χ3n) is 3.94. The second-order valence-corrected chi connectivity index (χ2v) is 4.91. The maximum absolute atomic E-state index is 14.4. The van der Waals surface area contributed by atoms with Crippen molar-refractivity contribution in [2.45, 2.75) is 18.4 Å². The summed E-state index contributed by atoms with van der Waals surface area (Å²) in [5.74, 6) is -1.14. The first-order valence-electron chi connectivity index (χ1n) is 6.43. The van der Waals surface area contributed by atoms with Gasteiger partial charge in [0.15, 0.2) is 5.54 Å². The van der Waals surface area contributed by atoms with Crippen LogP contribution in [0.5, 0.6) is 0 Å². The number of methoxy groups -OCH3 is 1. The summed E-state index contributed by atoms with van der Waals surface area (Å²) in [6.45, 7) is 0. The molecule has 2 aromatic rings. The Bertz CT molecular complexity index is 763. The predicted molar refractivity (Wildman–Crippen MR) is 70.8 cm³/mol. The molecule has 1 aliphatic heterocycles. The monoisotopic (exact) mass is 285 g/mol. The highest BCUT2D eigenvalue weighted by molar-refractivity contribution is 5.84. The molecule has 1 aliphatic rings. The molecule has 0 saturated carbocycles. The van der Waals surface area contributed by atoms with Gasteiger partial charge >= 0.3 is 5.97 Å². The number of rotatable bonds is 2. The van der Waals surface area contributed by atoms with Crippen molar-refractivity contribution in [1.82, 2.24) is 9.55 Å². The number of hydrogen-bond acceptors (Lipinski definition) is 4. The highest BCUT2D eigenvalue weighted by Gasteiger charge is 2.49. The number of halogens is 1. The quantitative estimate of drug-likeness (QED) is 0.788. The van der Waals surface area contributed by atoms with Gasteiger partial charge < -0.3 is 9.30 Å². The molecule has 0 fully saturated rings. The zero-order chi connectivity index (χ0) is 15.0. The van der Waals surface area contributed by atoms with Gasteiger partial charge in [0.05, 0.1) is 25.1 Å². The third kappa shape index (κ3) is 1.74. The average molecular weight is 285 g/mol. The molecule has 5 nitrogen and oxygen atoms in total. The fourth-order valence-electron chi connectivity index (χ4n) is 2.94. The number of fused-ring (bicyclic) bond motifs is 1. The van der Waals surface area contributed by atoms with Crippen molar-refractivity contribution < 1.29 is 13.9 Å². The summed E-state index contributed by atoms with van der Waals surface area (Å²) in [4.78, 5) is 16.4. The van der Waals surface area contributed by atoms with Crippen LogP contribution in [0.2, 0.25) is 0 Å². The lowest BCUT2D eigenvalue weighted by Gasteiger charge is -2.29. The van der Waals surface area contributed by atoms with Crippen LogP contribution in [-0.2, 0) is 21.5 Å². The molecule has 1 aromatic carbocycles. The van der Waals surface area contributed by atoms with Crippen LogP contribution >= 0.6 is 0 Å². The first kappa shape index (κ1) is 13.3. The number of imidazole rings is 1. The minimum atomic E-state index is -1.25. The van der Waals surface area contributed by atoms with Gasteiger partial charge in [-0.3, -0.25) is 0 Å². The van der Waals surface area contributed by atoms with E-state index in [-0.39, 0.29) is 11.1 Å². The first-order valence-corrected chi connectivity index (χ1v) is 6.43. The zero-order valence-electron chi connectivity index (χ0n) is 11.3. The molecule has 0 bridgehead atoms. The largest absolute Gasteiger partial charge is 0.467 e. The molecular formula is C15H12FN3O2. The van der Waals surface area contributed by atoms with E-state index in [0.717, 1.165) is 11.8 Å². The second kappa shape index (κ2) is 4.70. The number of hydrogen-bond donors (Lipinski definition) is 0. The van der Waals surface area contributed by atoms with Gasteiger partial charge in [0.1, 0.15) is 5.82 Å². The lowest BCUT2D eigenvalue weighted by atomic mass is 9.86. The van der Waals surface area contributed by atoms with E-state index in [1.165, 1.54) is 25.6 Å². The van der Waals surface area contributed by atoms with E-state index in [1.54, 1.807) is 10.8 Å².